The number of aromatic carboxylic acids is 1. The van der Waals surface area contributed by atoms with Crippen molar-refractivity contribution in [1.82, 2.24) is 18.9 Å². The predicted molar refractivity (Wildman–Crippen MR) is 49.1 cm³/mol. The summed E-state index contributed by atoms with van der Waals surface area (Å²) in [6, 6.07) is 0. The maximum atomic E-state index is 10.6. The third kappa shape index (κ3) is 1.37. The van der Waals surface area contributed by atoms with Crippen LogP contribution in [-0.2, 0) is 7.05 Å². The zero-order valence-electron chi connectivity index (χ0n) is 7.21. The van der Waals surface area contributed by atoms with E-state index >= 15 is 0 Å². The number of aryl methyl sites for hydroxylation is 1. The van der Waals surface area contributed by atoms with Gasteiger partial charge in [-0.1, -0.05) is 0 Å². The molecule has 0 aliphatic rings. The minimum Gasteiger partial charge on any atom is -0.476 e. The molecule has 7 heteroatoms. The van der Waals surface area contributed by atoms with Crippen LogP contribution in [0.4, 0.5) is 0 Å². The average Bonchev–Trinajstić information content (AvgIpc) is 2.71. The number of imidazole rings is 1. The molecule has 0 bridgehead atoms. The standard InChI is InChI=1S/C7H6N4O2S/c1-11-3-8-2-4(11)5-9-6(7(12)13)14-10-5/h2-3H,1H3,(H,12,13). The minimum absolute atomic E-state index is 0.0128. The van der Waals surface area contributed by atoms with Gasteiger partial charge in [0.25, 0.3) is 0 Å². The van der Waals surface area contributed by atoms with Gasteiger partial charge in [0.15, 0.2) is 5.82 Å². The Hall–Kier alpha value is -1.76. The molecule has 0 aliphatic heterocycles. The first-order valence-electron chi connectivity index (χ1n) is 3.72. The summed E-state index contributed by atoms with van der Waals surface area (Å²) in [5.41, 5.74) is 0.703. The summed E-state index contributed by atoms with van der Waals surface area (Å²) in [4.78, 5) is 18.3. The van der Waals surface area contributed by atoms with Gasteiger partial charge in [-0.15, -0.1) is 0 Å². The molecule has 2 heterocycles. The highest BCUT2D eigenvalue weighted by Gasteiger charge is 2.13. The molecule has 2 rings (SSSR count). The molecule has 0 fully saturated rings. The fourth-order valence-electron chi connectivity index (χ4n) is 0.987. The molecule has 0 atom stereocenters. The van der Waals surface area contributed by atoms with Crippen molar-refractivity contribution in [2.75, 3.05) is 0 Å². The molecule has 6 nitrogen and oxygen atoms in total. The molecule has 0 aromatic carbocycles. The van der Waals surface area contributed by atoms with Crippen LogP contribution in [0.2, 0.25) is 0 Å². The second-order valence-corrected chi connectivity index (χ2v) is 3.37. The van der Waals surface area contributed by atoms with Crippen molar-refractivity contribution in [3.8, 4) is 11.5 Å². The van der Waals surface area contributed by atoms with E-state index in [1.807, 2.05) is 0 Å². The van der Waals surface area contributed by atoms with Crippen LogP contribution in [0.25, 0.3) is 11.5 Å². The van der Waals surface area contributed by atoms with Crippen molar-refractivity contribution >= 4 is 17.5 Å². The second-order valence-electron chi connectivity index (χ2n) is 2.62. The molecular formula is C7H6N4O2S. The Morgan fingerprint density at radius 2 is 2.43 bits per heavy atom. The molecule has 0 spiro atoms. The Balaban J connectivity index is 2.43. The number of nitrogens with zero attached hydrogens (tertiary/aromatic N) is 4. The maximum absolute atomic E-state index is 10.6. The molecule has 1 N–H and O–H groups in total. The van der Waals surface area contributed by atoms with Crippen LogP contribution in [0.1, 0.15) is 9.80 Å². The number of hydrogen-bond acceptors (Lipinski definition) is 5. The topological polar surface area (TPSA) is 80.9 Å². The van der Waals surface area contributed by atoms with Gasteiger partial charge >= 0.3 is 5.97 Å². The number of rotatable bonds is 2. The molecular weight excluding hydrogens is 204 g/mol. The fourth-order valence-corrected chi connectivity index (χ4v) is 1.50. The highest BCUT2D eigenvalue weighted by molar-refractivity contribution is 7.07. The minimum atomic E-state index is -1.06. The van der Waals surface area contributed by atoms with Gasteiger partial charge in [0.05, 0.1) is 12.5 Å². The quantitative estimate of drug-likeness (QED) is 0.786. The lowest BCUT2D eigenvalue weighted by Crippen LogP contribution is -1.95. The third-order valence-electron chi connectivity index (χ3n) is 1.65. The van der Waals surface area contributed by atoms with Crippen LogP contribution in [0.5, 0.6) is 0 Å². The van der Waals surface area contributed by atoms with Gasteiger partial charge in [0.1, 0.15) is 5.69 Å². The zero-order chi connectivity index (χ0) is 10.1. The largest absolute Gasteiger partial charge is 0.476 e. The molecule has 72 valence electrons. The van der Waals surface area contributed by atoms with Gasteiger partial charge in [0.2, 0.25) is 5.01 Å². The van der Waals surface area contributed by atoms with E-state index in [4.69, 9.17) is 5.11 Å². The van der Waals surface area contributed by atoms with Crippen LogP contribution in [0.15, 0.2) is 12.5 Å². The average molecular weight is 210 g/mol. The van der Waals surface area contributed by atoms with Crippen molar-refractivity contribution in [3.05, 3.63) is 17.5 Å². The molecule has 14 heavy (non-hydrogen) atoms. The lowest BCUT2D eigenvalue weighted by molar-refractivity contribution is 0.0696. The Morgan fingerprint density at radius 3 is 2.93 bits per heavy atom. The second kappa shape index (κ2) is 3.18. The SMILES string of the molecule is Cn1cncc1-c1nsc(C(=O)O)n1. The fraction of sp³-hybridized carbons (Fsp3) is 0.143. The first-order chi connectivity index (χ1) is 6.68. The summed E-state index contributed by atoms with van der Waals surface area (Å²) in [5, 5.41) is 8.64. The number of aromatic nitrogens is 4. The molecule has 0 saturated carbocycles. The highest BCUT2D eigenvalue weighted by atomic mass is 32.1. The summed E-state index contributed by atoms with van der Waals surface area (Å²) in [6.45, 7) is 0. The molecule has 2 aromatic rings. The van der Waals surface area contributed by atoms with E-state index in [2.05, 4.69) is 14.3 Å². The molecule has 0 saturated heterocycles. The van der Waals surface area contributed by atoms with Crippen molar-refractivity contribution in [2.24, 2.45) is 7.05 Å². The van der Waals surface area contributed by atoms with Crippen molar-refractivity contribution in [1.29, 1.82) is 0 Å². The number of carbonyl (C=O) groups is 1. The summed E-state index contributed by atoms with van der Waals surface area (Å²) in [7, 11) is 1.80. The van der Waals surface area contributed by atoms with Gasteiger partial charge in [-0.2, -0.15) is 4.37 Å². The Kier molecular flexibility index (Phi) is 2.01. The van der Waals surface area contributed by atoms with Crippen LogP contribution < -0.4 is 0 Å². The summed E-state index contributed by atoms with van der Waals surface area (Å²) >= 11 is 0.863. The monoisotopic (exact) mass is 210 g/mol. The zero-order valence-corrected chi connectivity index (χ0v) is 8.02. The number of hydrogen-bond donors (Lipinski definition) is 1. The van der Waals surface area contributed by atoms with Crippen molar-refractivity contribution < 1.29 is 9.90 Å². The van der Waals surface area contributed by atoms with Crippen molar-refractivity contribution in [3.63, 3.8) is 0 Å². The summed E-state index contributed by atoms with van der Waals surface area (Å²) in [6.07, 6.45) is 3.20. The van der Waals surface area contributed by atoms with Gasteiger partial charge in [-0.3, -0.25) is 0 Å². The van der Waals surface area contributed by atoms with Gasteiger partial charge in [-0.05, 0) is 11.5 Å². The van der Waals surface area contributed by atoms with Crippen LogP contribution in [-0.4, -0.2) is 30.0 Å². The van der Waals surface area contributed by atoms with E-state index in [1.165, 1.54) is 0 Å². The lowest BCUT2D eigenvalue weighted by Gasteiger charge is -1.93. The normalized spacial score (nSPS) is 10.4. The van der Waals surface area contributed by atoms with Crippen LogP contribution in [0, 0.1) is 0 Å². The van der Waals surface area contributed by atoms with Crippen LogP contribution >= 0.6 is 11.5 Å². The van der Waals surface area contributed by atoms with Crippen LogP contribution in [0.3, 0.4) is 0 Å². The molecule has 0 radical (unpaired) electrons. The Labute approximate surface area is 83.0 Å². The van der Waals surface area contributed by atoms with E-state index in [0.717, 1.165) is 11.5 Å². The van der Waals surface area contributed by atoms with E-state index in [-0.39, 0.29) is 5.01 Å². The van der Waals surface area contributed by atoms with Crippen molar-refractivity contribution in [2.45, 2.75) is 0 Å². The first-order valence-corrected chi connectivity index (χ1v) is 4.49. The first kappa shape index (κ1) is 8.82. The number of carboxylic acid groups (broad SMARTS) is 1. The van der Waals surface area contributed by atoms with Gasteiger partial charge < -0.3 is 9.67 Å². The summed E-state index contributed by atoms with van der Waals surface area (Å²) < 4.78 is 5.66. The van der Waals surface area contributed by atoms with E-state index < -0.39 is 5.97 Å². The maximum Gasteiger partial charge on any atom is 0.366 e. The van der Waals surface area contributed by atoms with E-state index in [9.17, 15) is 4.79 Å². The third-order valence-corrected chi connectivity index (χ3v) is 2.36. The smallest absolute Gasteiger partial charge is 0.366 e. The van der Waals surface area contributed by atoms with E-state index in [1.54, 1.807) is 24.1 Å². The Bertz CT molecular complexity index is 475. The van der Waals surface area contributed by atoms with Gasteiger partial charge in [0, 0.05) is 7.05 Å². The molecule has 0 amide bonds. The summed E-state index contributed by atoms with van der Waals surface area (Å²) in [5.74, 6) is -0.664. The Morgan fingerprint density at radius 1 is 1.64 bits per heavy atom. The molecule has 2 aromatic heterocycles. The number of carboxylic acids is 1. The highest BCUT2D eigenvalue weighted by Crippen LogP contribution is 2.16. The van der Waals surface area contributed by atoms with E-state index in [0.29, 0.717) is 11.5 Å². The lowest BCUT2D eigenvalue weighted by atomic mass is 10.4. The van der Waals surface area contributed by atoms with Gasteiger partial charge in [-0.25, -0.2) is 14.8 Å². The predicted octanol–water partition coefficient (Wildman–Crippen LogP) is 0.637. The molecule has 0 aliphatic carbocycles. The molecule has 0 unspecified atom stereocenters.